The second-order valence-corrected chi connectivity index (χ2v) is 7.09. The molecule has 0 amide bonds. The Balaban J connectivity index is 1.70. The lowest BCUT2D eigenvalue weighted by Gasteiger charge is -2.29. The van der Waals surface area contributed by atoms with Gasteiger partial charge < -0.3 is 4.74 Å². The lowest BCUT2D eigenvalue weighted by molar-refractivity contribution is 0.241. The summed E-state index contributed by atoms with van der Waals surface area (Å²) in [5, 5.41) is 0. The van der Waals surface area contributed by atoms with Gasteiger partial charge in [-0.2, -0.15) is 0 Å². The summed E-state index contributed by atoms with van der Waals surface area (Å²) in [5.74, 6) is 1.59. The number of methoxy groups -OCH3 is 1. The first-order valence-electron chi connectivity index (χ1n) is 8.02. The predicted octanol–water partition coefficient (Wildman–Crippen LogP) is 2.74. The maximum Gasteiger partial charge on any atom is 0.212 e. The summed E-state index contributed by atoms with van der Waals surface area (Å²) in [6, 6.07) is 3.98. The van der Waals surface area contributed by atoms with E-state index in [0.717, 1.165) is 31.9 Å². The Morgan fingerprint density at radius 3 is 2.65 bits per heavy atom. The van der Waals surface area contributed by atoms with Gasteiger partial charge in [-0.15, -0.1) is 0 Å². The van der Waals surface area contributed by atoms with Gasteiger partial charge in [0, 0.05) is 61.2 Å². The van der Waals surface area contributed by atoms with Crippen molar-refractivity contribution >= 4 is 0 Å². The van der Waals surface area contributed by atoms with E-state index in [-0.39, 0.29) is 5.41 Å². The zero-order valence-electron chi connectivity index (χ0n) is 14.3. The molecule has 122 valence electrons. The van der Waals surface area contributed by atoms with Gasteiger partial charge in [-0.25, -0.2) is 15.0 Å². The molecule has 1 aliphatic rings. The van der Waals surface area contributed by atoms with Crippen LogP contribution in [0.5, 0.6) is 5.88 Å². The monoisotopic (exact) mass is 312 g/mol. The van der Waals surface area contributed by atoms with Crippen molar-refractivity contribution in [3.8, 4) is 5.88 Å². The number of rotatable bonds is 3. The summed E-state index contributed by atoms with van der Waals surface area (Å²) in [4.78, 5) is 16.0. The molecule has 0 spiro atoms. The van der Waals surface area contributed by atoms with E-state index in [9.17, 15) is 0 Å². The third kappa shape index (κ3) is 3.67. The number of pyridine rings is 1. The van der Waals surface area contributed by atoms with Crippen molar-refractivity contribution in [2.45, 2.75) is 45.7 Å². The van der Waals surface area contributed by atoms with Crippen LogP contribution in [0.2, 0.25) is 0 Å². The molecule has 0 saturated heterocycles. The lowest BCUT2D eigenvalue weighted by atomic mass is 9.95. The standard InChI is InChI=1S/C18H24N4O/c1-18(2,3)17-20-10-14-12-22(8-7-15(14)21-17)11-13-5-6-16(23-4)19-9-13/h5-6,9-10H,7-8,11-12H2,1-4H3. The van der Waals surface area contributed by atoms with E-state index < -0.39 is 0 Å². The molecule has 0 fully saturated rings. The highest BCUT2D eigenvalue weighted by Gasteiger charge is 2.22. The van der Waals surface area contributed by atoms with Crippen molar-refractivity contribution in [3.05, 3.63) is 47.2 Å². The maximum atomic E-state index is 5.10. The molecule has 0 unspecified atom stereocenters. The average Bonchev–Trinajstić information content (AvgIpc) is 2.54. The van der Waals surface area contributed by atoms with Crippen LogP contribution in [0.4, 0.5) is 0 Å². The fourth-order valence-corrected chi connectivity index (χ4v) is 2.75. The van der Waals surface area contributed by atoms with Crippen LogP contribution in [0, 0.1) is 0 Å². The maximum absolute atomic E-state index is 5.10. The topological polar surface area (TPSA) is 51.1 Å². The summed E-state index contributed by atoms with van der Waals surface area (Å²) in [6.07, 6.45) is 4.86. The molecule has 3 heterocycles. The molecule has 0 saturated carbocycles. The quantitative estimate of drug-likeness (QED) is 0.872. The Hall–Kier alpha value is -2.01. The van der Waals surface area contributed by atoms with Crippen LogP contribution in [0.3, 0.4) is 0 Å². The van der Waals surface area contributed by atoms with Gasteiger partial charge in [0.2, 0.25) is 5.88 Å². The van der Waals surface area contributed by atoms with E-state index in [1.807, 2.05) is 18.5 Å². The number of aromatic nitrogens is 3. The first-order chi connectivity index (χ1) is 11.0. The fraction of sp³-hybridized carbons (Fsp3) is 0.500. The molecule has 0 aromatic carbocycles. The molecule has 5 heteroatoms. The van der Waals surface area contributed by atoms with Gasteiger partial charge in [0.1, 0.15) is 5.82 Å². The SMILES string of the molecule is COc1ccc(CN2CCc3nc(C(C)(C)C)ncc3C2)cn1. The van der Waals surface area contributed by atoms with Crippen molar-refractivity contribution < 1.29 is 4.74 Å². The summed E-state index contributed by atoms with van der Waals surface area (Å²) in [6.45, 7) is 9.25. The van der Waals surface area contributed by atoms with E-state index >= 15 is 0 Å². The average molecular weight is 312 g/mol. The van der Waals surface area contributed by atoms with Gasteiger partial charge in [-0.05, 0) is 5.56 Å². The van der Waals surface area contributed by atoms with Gasteiger partial charge in [0.25, 0.3) is 0 Å². The highest BCUT2D eigenvalue weighted by molar-refractivity contribution is 5.23. The lowest BCUT2D eigenvalue weighted by Crippen LogP contribution is -2.32. The molecule has 5 nitrogen and oxygen atoms in total. The van der Waals surface area contributed by atoms with Crippen LogP contribution in [-0.4, -0.2) is 33.5 Å². The van der Waals surface area contributed by atoms with Crippen molar-refractivity contribution in [1.29, 1.82) is 0 Å². The molecule has 0 bridgehead atoms. The highest BCUT2D eigenvalue weighted by Crippen LogP contribution is 2.23. The molecule has 2 aromatic rings. The summed E-state index contributed by atoms with van der Waals surface area (Å²) in [5.41, 5.74) is 3.64. The van der Waals surface area contributed by atoms with E-state index in [1.165, 1.54) is 16.8 Å². The number of nitrogens with zero attached hydrogens (tertiary/aromatic N) is 4. The van der Waals surface area contributed by atoms with Gasteiger partial charge in [-0.1, -0.05) is 26.8 Å². The molecule has 1 aliphatic heterocycles. The minimum Gasteiger partial charge on any atom is -0.481 e. The van der Waals surface area contributed by atoms with Crippen LogP contribution < -0.4 is 4.74 Å². The van der Waals surface area contributed by atoms with Gasteiger partial charge in [0.05, 0.1) is 7.11 Å². The van der Waals surface area contributed by atoms with Crippen molar-refractivity contribution in [2.75, 3.05) is 13.7 Å². The molecule has 0 N–H and O–H groups in total. The minimum absolute atomic E-state index is 0.000921. The number of hydrogen-bond acceptors (Lipinski definition) is 5. The van der Waals surface area contributed by atoms with E-state index in [4.69, 9.17) is 9.72 Å². The Labute approximate surface area is 137 Å². The Morgan fingerprint density at radius 1 is 1.17 bits per heavy atom. The van der Waals surface area contributed by atoms with Crippen LogP contribution in [0.1, 0.15) is 43.4 Å². The van der Waals surface area contributed by atoms with Gasteiger partial charge >= 0.3 is 0 Å². The van der Waals surface area contributed by atoms with E-state index in [1.54, 1.807) is 7.11 Å². The number of ether oxygens (including phenoxy) is 1. The molecule has 0 aliphatic carbocycles. The van der Waals surface area contributed by atoms with Crippen molar-refractivity contribution in [2.24, 2.45) is 0 Å². The summed E-state index contributed by atoms with van der Waals surface area (Å²) < 4.78 is 5.10. The van der Waals surface area contributed by atoms with Crippen LogP contribution >= 0.6 is 0 Å². The normalized spacial score (nSPS) is 15.3. The third-order valence-electron chi connectivity index (χ3n) is 4.10. The molecule has 0 atom stereocenters. The minimum atomic E-state index is 0.000921. The first kappa shape index (κ1) is 15.9. The summed E-state index contributed by atoms with van der Waals surface area (Å²) in [7, 11) is 1.63. The molecule has 3 rings (SSSR count). The van der Waals surface area contributed by atoms with Crippen molar-refractivity contribution in [1.82, 2.24) is 19.9 Å². The molecule has 23 heavy (non-hydrogen) atoms. The highest BCUT2D eigenvalue weighted by atomic mass is 16.5. The smallest absolute Gasteiger partial charge is 0.212 e. The van der Waals surface area contributed by atoms with Crippen LogP contribution in [0.25, 0.3) is 0 Å². The Kier molecular flexibility index (Phi) is 4.31. The van der Waals surface area contributed by atoms with E-state index in [0.29, 0.717) is 5.88 Å². The van der Waals surface area contributed by atoms with Crippen molar-refractivity contribution in [3.63, 3.8) is 0 Å². The summed E-state index contributed by atoms with van der Waals surface area (Å²) >= 11 is 0. The van der Waals surface area contributed by atoms with Gasteiger partial charge in [0.15, 0.2) is 0 Å². The fourth-order valence-electron chi connectivity index (χ4n) is 2.75. The zero-order valence-corrected chi connectivity index (χ0v) is 14.3. The third-order valence-corrected chi connectivity index (χ3v) is 4.10. The van der Waals surface area contributed by atoms with Gasteiger partial charge in [-0.3, -0.25) is 4.90 Å². The number of fused-ring (bicyclic) bond motifs is 1. The van der Waals surface area contributed by atoms with Crippen LogP contribution in [0.15, 0.2) is 24.5 Å². The molecule has 0 radical (unpaired) electrons. The predicted molar refractivity (Wildman–Crippen MR) is 89.3 cm³/mol. The molecule has 2 aromatic heterocycles. The second-order valence-electron chi connectivity index (χ2n) is 7.09. The first-order valence-corrected chi connectivity index (χ1v) is 8.02. The zero-order chi connectivity index (χ0) is 16.4. The molecular formula is C18H24N4O. The second kappa shape index (κ2) is 6.24. The van der Waals surface area contributed by atoms with Crippen LogP contribution in [-0.2, 0) is 24.9 Å². The Morgan fingerprint density at radius 2 is 2.00 bits per heavy atom. The number of hydrogen-bond donors (Lipinski definition) is 0. The molecular weight excluding hydrogens is 288 g/mol. The Bertz CT molecular complexity index is 676. The van der Waals surface area contributed by atoms with E-state index in [2.05, 4.69) is 41.7 Å². The largest absolute Gasteiger partial charge is 0.481 e.